The lowest BCUT2D eigenvalue weighted by molar-refractivity contribution is -0.130. The Morgan fingerprint density at radius 2 is 2.07 bits per heavy atom. The number of aromatic amines is 1. The maximum Gasteiger partial charge on any atom is 0.233 e. The summed E-state index contributed by atoms with van der Waals surface area (Å²) in [6, 6.07) is 9.97. The van der Waals surface area contributed by atoms with Crippen LogP contribution in [0.15, 0.2) is 35.5 Å². The van der Waals surface area contributed by atoms with Gasteiger partial charge in [0.2, 0.25) is 5.91 Å². The predicted molar refractivity (Wildman–Crippen MR) is 112 cm³/mol. The first-order valence-corrected chi connectivity index (χ1v) is 12.4. The largest absolute Gasteiger partial charge is 0.338 e. The standard InChI is InChI=1S/C20H27N3O3S2/c1-3-10-23(17-9-11-28(25,26)14-17)19(24)13-27-20-21-15(2)18(22-20)12-16-7-5-4-6-8-16/h4-8,17H,3,9-14H2,1-2H3,(H,21,22)/t17-/m0/s1. The molecule has 0 radical (unpaired) electrons. The van der Waals surface area contributed by atoms with E-state index in [0.717, 1.165) is 29.4 Å². The summed E-state index contributed by atoms with van der Waals surface area (Å²) in [5.74, 6) is 0.504. The molecule has 6 nitrogen and oxygen atoms in total. The summed E-state index contributed by atoms with van der Waals surface area (Å²) < 4.78 is 23.6. The van der Waals surface area contributed by atoms with Gasteiger partial charge in [-0.1, -0.05) is 49.0 Å². The number of amides is 1. The van der Waals surface area contributed by atoms with Gasteiger partial charge in [-0.05, 0) is 25.3 Å². The number of carbonyl (C=O) groups is 1. The highest BCUT2D eigenvalue weighted by molar-refractivity contribution is 7.99. The second-order valence-electron chi connectivity index (χ2n) is 7.21. The maximum absolute atomic E-state index is 12.8. The molecule has 1 aliphatic heterocycles. The van der Waals surface area contributed by atoms with Gasteiger partial charge in [-0.3, -0.25) is 4.79 Å². The summed E-state index contributed by atoms with van der Waals surface area (Å²) in [5, 5.41) is 0.729. The lowest BCUT2D eigenvalue weighted by Crippen LogP contribution is -2.42. The number of sulfone groups is 1. The van der Waals surface area contributed by atoms with Crippen LogP contribution in [0.3, 0.4) is 0 Å². The van der Waals surface area contributed by atoms with Crippen LogP contribution in [0.5, 0.6) is 0 Å². The van der Waals surface area contributed by atoms with Crippen LogP contribution < -0.4 is 0 Å². The molecule has 1 N–H and O–H groups in total. The fourth-order valence-electron chi connectivity index (χ4n) is 3.48. The molecule has 152 valence electrons. The highest BCUT2D eigenvalue weighted by atomic mass is 32.2. The summed E-state index contributed by atoms with van der Waals surface area (Å²) in [6.45, 7) is 4.59. The second-order valence-corrected chi connectivity index (χ2v) is 10.4. The molecule has 1 saturated heterocycles. The number of nitrogens with one attached hydrogen (secondary N) is 1. The molecule has 1 aromatic carbocycles. The molecule has 1 aliphatic rings. The number of thioether (sulfide) groups is 1. The molecule has 1 aromatic heterocycles. The van der Waals surface area contributed by atoms with Gasteiger partial charge >= 0.3 is 0 Å². The highest BCUT2D eigenvalue weighted by Gasteiger charge is 2.34. The zero-order valence-corrected chi connectivity index (χ0v) is 18.0. The van der Waals surface area contributed by atoms with Crippen molar-refractivity contribution in [1.82, 2.24) is 14.9 Å². The molecule has 8 heteroatoms. The van der Waals surface area contributed by atoms with Crippen molar-refractivity contribution in [2.45, 2.75) is 44.3 Å². The molecule has 1 amide bonds. The van der Waals surface area contributed by atoms with Gasteiger partial charge in [0.15, 0.2) is 15.0 Å². The molecule has 1 atom stereocenters. The van der Waals surface area contributed by atoms with Gasteiger partial charge in [0, 0.05) is 24.7 Å². The van der Waals surface area contributed by atoms with Crippen molar-refractivity contribution >= 4 is 27.5 Å². The minimum absolute atomic E-state index is 0.0207. The molecule has 28 heavy (non-hydrogen) atoms. The number of carbonyl (C=O) groups excluding carboxylic acids is 1. The number of aryl methyl sites for hydroxylation is 1. The number of rotatable bonds is 8. The van der Waals surface area contributed by atoms with Gasteiger partial charge in [-0.2, -0.15) is 0 Å². The van der Waals surface area contributed by atoms with E-state index in [1.54, 1.807) is 4.90 Å². The van der Waals surface area contributed by atoms with Crippen molar-refractivity contribution in [2.75, 3.05) is 23.8 Å². The Kier molecular flexibility index (Phi) is 6.82. The van der Waals surface area contributed by atoms with Crippen LogP contribution in [0.1, 0.15) is 36.7 Å². The van der Waals surface area contributed by atoms with Gasteiger partial charge in [0.05, 0.1) is 23.0 Å². The van der Waals surface area contributed by atoms with Crippen LogP contribution in [0, 0.1) is 6.92 Å². The Balaban J connectivity index is 1.61. The minimum atomic E-state index is -3.01. The third-order valence-electron chi connectivity index (χ3n) is 4.94. The number of aromatic nitrogens is 2. The average molecular weight is 422 g/mol. The topological polar surface area (TPSA) is 83.1 Å². The lowest BCUT2D eigenvalue weighted by Gasteiger charge is -2.27. The Morgan fingerprint density at radius 1 is 1.32 bits per heavy atom. The van der Waals surface area contributed by atoms with Crippen LogP contribution in [0.2, 0.25) is 0 Å². The fraction of sp³-hybridized carbons (Fsp3) is 0.500. The predicted octanol–water partition coefficient (Wildman–Crippen LogP) is 2.83. The van der Waals surface area contributed by atoms with Crippen molar-refractivity contribution in [3.8, 4) is 0 Å². The maximum atomic E-state index is 12.8. The van der Waals surface area contributed by atoms with E-state index >= 15 is 0 Å². The highest BCUT2D eigenvalue weighted by Crippen LogP contribution is 2.22. The van der Waals surface area contributed by atoms with E-state index in [9.17, 15) is 13.2 Å². The van der Waals surface area contributed by atoms with E-state index in [1.165, 1.54) is 17.3 Å². The molecule has 0 bridgehead atoms. The van der Waals surface area contributed by atoms with Gasteiger partial charge in [0.25, 0.3) is 0 Å². The molecule has 0 saturated carbocycles. The lowest BCUT2D eigenvalue weighted by atomic mass is 10.1. The number of hydrogen-bond acceptors (Lipinski definition) is 5. The zero-order chi connectivity index (χ0) is 20.1. The SMILES string of the molecule is CCCN(C(=O)CSc1nc(Cc2ccccc2)c(C)[nH]1)[C@H]1CCS(=O)(=O)C1. The van der Waals surface area contributed by atoms with Crippen LogP contribution in [0.4, 0.5) is 0 Å². The number of hydrogen-bond donors (Lipinski definition) is 1. The Bertz CT molecular complexity index is 910. The van der Waals surface area contributed by atoms with Crippen LogP contribution in [-0.2, 0) is 21.1 Å². The Morgan fingerprint density at radius 3 is 2.71 bits per heavy atom. The monoisotopic (exact) mass is 421 g/mol. The number of imidazole rings is 1. The fourth-order valence-corrected chi connectivity index (χ4v) is 6.04. The van der Waals surface area contributed by atoms with Crippen LogP contribution in [-0.4, -0.2) is 59.0 Å². The van der Waals surface area contributed by atoms with Gasteiger partial charge in [0.1, 0.15) is 0 Å². The third kappa shape index (κ3) is 5.38. The van der Waals surface area contributed by atoms with Crippen molar-refractivity contribution < 1.29 is 13.2 Å². The molecular weight excluding hydrogens is 394 g/mol. The number of benzene rings is 1. The van der Waals surface area contributed by atoms with E-state index in [1.807, 2.05) is 32.0 Å². The van der Waals surface area contributed by atoms with E-state index in [2.05, 4.69) is 22.1 Å². The average Bonchev–Trinajstić information content (AvgIpc) is 3.20. The van der Waals surface area contributed by atoms with E-state index < -0.39 is 9.84 Å². The summed E-state index contributed by atoms with van der Waals surface area (Å²) in [5.41, 5.74) is 3.18. The molecule has 0 spiro atoms. The van der Waals surface area contributed by atoms with Gasteiger partial charge in [-0.15, -0.1) is 0 Å². The number of nitrogens with zero attached hydrogens (tertiary/aromatic N) is 2. The van der Waals surface area contributed by atoms with E-state index in [0.29, 0.717) is 13.0 Å². The summed E-state index contributed by atoms with van der Waals surface area (Å²) in [4.78, 5) is 22.4. The van der Waals surface area contributed by atoms with Crippen molar-refractivity contribution in [2.24, 2.45) is 0 Å². The molecule has 1 fully saturated rings. The van der Waals surface area contributed by atoms with Crippen molar-refractivity contribution in [3.63, 3.8) is 0 Å². The molecule has 2 heterocycles. The van der Waals surface area contributed by atoms with Crippen molar-refractivity contribution in [3.05, 3.63) is 47.3 Å². The first kappa shape index (κ1) is 20.9. The van der Waals surface area contributed by atoms with Gasteiger partial charge in [-0.25, -0.2) is 13.4 Å². The Labute approximate surface area is 171 Å². The molecule has 2 aromatic rings. The zero-order valence-electron chi connectivity index (χ0n) is 16.3. The Hall–Kier alpha value is -1.80. The molecule has 0 aliphatic carbocycles. The van der Waals surface area contributed by atoms with Crippen molar-refractivity contribution in [1.29, 1.82) is 0 Å². The summed E-state index contributed by atoms with van der Waals surface area (Å²) in [7, 11) is -3.01. The van der Waals surface area contributed by atoms with Crippen LogP contribution >= 0.6 is 11.8 Å². The quantitative estimate of drug-likeness (QED) is 0.663. The molecule has 3 rings (SSSR count). The third-order valence-corrected chi connectivity index (χ3v) is 7.55. The summed E-state index contributed by atoms with van der Waals surface area (Å²) in [6.07, 6.45) is 2.10. The molecule has 0 unspecified atom stereocenters. The second kappa shape index (κ2) is 9.13. The normalized spacial score (nSPS) is 18.3. The molecular formula is C20H27N3O3S2. The minimum Gasteiger partial charge on any atom is -0.338 e. The van der Waals surface area contributed by atoms with Gasteiger partial charge < -0.3 is 9.88 Å². The number of H-pyrrole nitrogens is 1. The first-order chi connectivity index (χ1) is 13.4. The first-order valence-electron chi connectivity index (χ1n) is 9.60. The van der Waals surface area contributed by atoms with Crippen LogP contribution in [0.25, 0.3) is 0 Å². The van der Waals surface area contributed by atoms with E-state index in [4.69, 9.17) is 0 Å². The van der Waals surface area contributed by atoms with E-state index in [-0.39, 0.29) is 29.2 Å². The smallest absolute Gasteiger partial charge is 0.233 e. The summed E-state index contributed by atoms with van der Waals surface area (Å²) >= 11 is 1.38.